The number of halogens is 1. The zero-order valence-corrected chi connectivity index (χ0v) is 16.9. The highest BCUT2D eigenvalue weighted by Crippen LogP contribution is 2.24. The van der Waals surface area contributed by atoms with Gasteiger partial charge < -0.3 is 4.90 Å². The Bertz CT molecular complexity index is 914. The predicted octanol–water partition coefficient (Wildman–Crippen LogP) is 2.70. The number of benzene rings is 1. The van der Waals surface area contributed by atoms with Gasteiger partial charge in [-0.25, -0.2) is 4.98 Å². The van der Waals surface area contributed by atoms with Crippen LogP contribution in [0.3, 0.4) is 0 Å². The monoisotopic (exact) mass is 410 g/mol. The van der Waals surface area contributed by atoms with Gasteiger partial charge in [0.05, 0.1) is 13.1 Å². The molecule has 6 nitrogen and oxygen atoms in total. The minimum Gasteiger partial charge on any atom is -0.338 e. The van der Waals surface area contributed by atoms with E-state index in [0.717, 1.165) is 17.0 Å². The van der Waals surface area contributed by atoms with Crippen LogP contribution in [0.1, 0.15) is 12.0 Å². The maximum atomic E-state index is 12.7. The van der Waals surface area contributed by atoms with E-state index in [0.29, 0.717) is 32.0 Å². The fraction of sp³-hybridized carbons (Fsp3) is 0.318. The van der Waals surface area contributed by atoms with E-state index in [2.05, 4.69) is 11.1 Å². The van der Waals surface area contributed by atoms with Crippen LogP contribution in [-0.2, 0) is 9.59 Å². The number of hydrogen-bond donors (Lipinski definition) is 0. The van der Waals surface area contributed by atoms with Gasteiger partial charge in [-0.2, -0.15) is 0 Å². The van der Waals surface area contributed by atoms with Crippen molar-refractivity contribution in [2.45, 2.75) is 6.42 Å². The Labute approximate surface area is 175 Å². The van der Waals surface area contributed by atoms with Gasteiger partial charge in [0.25, 0.3) is 0 Å². The molecule has 0 aliphatic carbocycles. The van der Waals surface area contributed by atoms with E-state index in [4.69, 9.17) is 11.6 Å². The zero-order chi connectivity index (χ0) is 20.2. The van der Waals surface area contributed by atoms with Gasteiger partial charge in [-0.15, -0.1) is 0 Å². The van der Waals surface area contributed by atoms with E-state index in [1.807, 2.05) is 52.3 Å². The highest BCUT2D eigenvalue weighted by Gasteiger charge is 2.28. The number of anilines is 1. The molecule has 150 valence electrons. The molecular formula is C22H23ClN4O2. The zero-order valence-electron chi connectivity index (χ0n) is 16.1. The van der Waals surface area contributed by atoms with Crippen molar-refractivity contribution in [2.75, 3.05) is 44.2 Å². The molecule has 2 aliphatic rings. The average Bonchev–Trinajstić information content (AvgIpc) is 2.75. The molecule has 0 atom stereocenters. The Morgan fingerprint density at radius 2 is 1.90 bits per heavy atom. The number of aromatic nitrogens is 1. The van der Waals surface area contributed by atoms with E-state index < -0.39 is 0 Å². The molecule has 2 amide bonds. The van der Waals surface area contributed by atoms with Gasteiger partial charge in [0.15, 0.2) is 0 Å². The molecule has 1 aromatic heterocycles. The summed E-state index contributed by atoms with van der Waals surface area (Å²) in [5, 5.41) is 0.722. The van der Waals surface area contributed by atoms with E-state index in [-0.39, 0.29) is 24.9 Å². The topological polar surface area (TPSA) is 56.8 Å². The van der Waals surface area contributed by atoms with Gasteiger partial charge in [-0.1, -0.05) is 35.9 Å². The Hall–Kier alpha value is -2.70. The molecule has 0 unspecified atom stereocenters. The smallest absolute Gasteiger partial charge is 0.242 e. The van der Waals surface area contributed by atoms with Crippen molar-refractivity contribution in [3.63, 3.8) is 0 Å². The van der Waals surface area contributed by atoms with Crippen LogP contribution in [0.2, 0.25) is 5.02 Å². The summed E-state index contributed by atoms with van der Waals surface area (Å²) in [6.45, 7) is 3.00. The van der Waals surface area contributed by atoms with Gasteiger partial charge in [-0.05, 0) is 41.8 Å². The summed E-state index contributed by atoms with van der Waals surface area (Å²) in [6, 6.07) is 13.3. The first-order chi connectivity index (χ1) is 14.1. The van der Waals surface area contributed by atoms with E-state index in [1.54, 1.807) is 11.1 Å². The van der Waals surface area contributed by atoms with E-state index in [1.165, 1.54) is 5.57 Å². The minimum atomic E-state index is -0.0219. The summed E-state index contributed by atoms with van der Waals surface area (Å²) < 4.78 is 0. The van der Waals surface area contributed by atoms with Gasteiger partial charge in [0.2, 0.25) is 11.8 Å². The third kappa shape index (κ3) is 4.66. The second-order valence-electron chi connectivity index (χ2n) is 7.27. The van der Waals surface area contributed by atoms with Crippen molar-refractivity contribution < 1.29 is 9.59 Å². The number of pyridine rings is 1. The van der Waals surface area contributed by atoms with Crippen LogP contribution in [0.15, 0.2) is 54.7 Å². The molecule has 0 spiro atoms. The van der Waals surface area contributed by atoms with Crippen LogP contribution in [0.5, 0.6) is 0 Å². The summed E-state index contributed by atoms with van der Waals surface area (Å²) in [7, 11) is 0. The molecule has 1 fully saturated rings. The lowest BCUT2D eigenvalue weighted by Gasteiger charge is -2.35. The Balaban J connectivity index is 1.30. The minimum absolute atomic E-state index is 0.0219. The third-order valence-electron chi connectivity index (χ3n) is 5.36. The fourth-order valence-electron chi connectivity index (χ4n) is 3.73. The summed E-state index contributed by atoms with van der Waals surface area (Å²) in [4.78, 5) is 34.9. The molecule has 0 radical (unpaired) electrons. The standard InChI is InChI=1S/C22H23ClN4O2/c23-19-6-4-17(5-7-19)18-8-11-26(12-9-18)21(28)15-25-13-14-27(22(29)16-25)20-3-1-2-10-24-20/h1-8,10H,9,11-16H2. The molecule has 29 heavy (non-hydrogen) atoms. The summed E-state index contributed by atoms with van der Waals surface area (Å²) >= 11 is 5.95. The molecule has 2 aromatic rings. The normalized spacial score (nSPS) is 18.0. The molecule has 7 heteroatoms. The lowest BCUT2D eigenvalue weighted by Crippen LogP contribution is -2.53. The first-order valence-corrected chi connectivity index (χ1v) is 10.1. The van der Waals surface area contributed by atoms with Crippen molar-refractivity contribution in [2.24, 2.45) is 0 Å². The second-order valence-corrected chi connectivity index (χ2v) is 7.71. The fourth-order valence-corrected chi connectivity index (χ4v) is 3.85. The SMILES string of the molecule is O=C(CN1CCN(c2ccccn2)C(=O)C1)N1CC=C(c2ccc(Cl)cc2)CC1. The summed E-state index contributed by atoms with van der Waals surface area (Å²) in [5.41, 5.74) is 2.39. The highest BCUT2D eigenvalue weighted by atomic mass is 35.5. The number of hydrogen-bond acceptors (Lipinski definition) is 4. The summed E-state index contributed by atoms with van der Waals surface area (Å²) in [6.07, 6.45) is 4.61. The Kier molecular flexibility index (Phi) is 5.92. The maximum absolute atomic E-state index is 12.7. The molecule has 3 heterocycles. The number of piperazine rings is 1. The molecule has 0 N–H and O–H groups in total. The molecular weight excluding hydrogens is 388 g/mol. The largest absolute Gasteiger partial charge is 0.338 e. The molecule has 4 rings (SSSR count). The van der Waals surface area contributed by atoms with Crippen molar-refractivity contribution in [1.29, 1.82) is 0 Å². The predicted molar refractivity (Wildman–Crippen MR) is 114 cm³/mol. The van der Waals surface area contributed by atoms with Crippen LogP contribution in [0, 0.1) is 0 Å². The molecule has 1 aromatic carbocycles. The van der Waals surface area contributed by atoms with Gasteiger partial charge >= 0.3 is 0 Å². The van der Waals surface area contributed by atoms with Gasteiger partial charge in [-0.3, -0.25) is 19.4 Å². The Morgan fingerprint density at radius 1 is 1.07 bits per heavy atom. The number of amides is 2. The molecule has 0 bridgehead atoms. The third-order valence-corrected chi connectivity index (χ3v) is 5.61. The highest BCUT2D eigenvalue weighted by molar-refractivity contribution is 6.30. The lowest BCUT2D eigenvalue weighted by molar-refractivity contribution is -0.133. The first-order valence-electron chi connectivity index (χ1n) is 9.76. The van der Waals surface area contributed by atoms with Crippen molar-refractivity contribution in [3.8, 4) is 0 Å². The molecule has 2 aliphatic heterocycles. The number of carbonyl (C=O) groups is 2. The number of nitrogens with zero attached hydrogens (tertiary/aromatic N) is 4. The van der Waals surface area contributed by atoms with Gasteiger partial charge in [0.1, 0.15) is 5.82 Å². The van der Waals surface area contributed by atoms with Crippen LogP contribution < -0.4 is 4.90 Å². The van der Waals surface area contributed by atoms with Gasteiger partial charge in [0, 0.05) is 37.4 Å². The van der Waals surface area contributed by atoms with E-state index >= 15 is 0 Å². The molecule has 1 saturated heterocycles. The van der Waals surface area contributed by atoms with Crippen LogP contribution in [0.4, 0.5) is 5.82 Å². The van der Waals surface area contributed by atoms with Crippen molar-refractivity contribution >= 4 is 34.8 Å². The Morgan fingerprint density at radius 3 is 2.55 bits per heavy atom. The second kappa shape index (κ2) is 8.76. The average molecular weight is 411 g/mol. The first kappa shape index (κ1) is 19.6. The van der Waals surface area contributed by atoms with Crippen LogP contribution >= 0.6 is 11.6 Å². The van der Waals surface area contributed by atoms with E-state index in [9.17, 15) is 9.59 Å². The molecule has 0 saturated carbocycles. The van der Waals surface area contributed by atoms with Crippen molar-refractivity contribution in [1.82, 2.24) is 14.8 Å². The number of carbonyl (C=O) groups excluding carboxylic acids is 2. The quantitative estimate of drug-likeness (QED) is 0.777. The van der Waals surface area contributed by atoms with Crippen LogP contribution in [0.25, 0.3) is 5.57 Å². The number of rotatable bonds is 4. The van der Waals surface area contributed by atoms with Crippen LogP contribution in [-0.4, -0.2) is 65.9 Å². The van der Waals surface area contributed by atoms with Crippen molar-refractivity contribution in [3.05, 3.63) is 65.3 Å². The lowest BCUT2D eigenvalue weighted by atomic mass is 9.99. The summed E-state index contributed by atoms with van der Waals surface area (Å²) in [5.74, 6) is 0.709. The maximum Gasteiger partial charge on any atom is 0.242 e.